The summed E-state index contributed by atoms with van der Waals surface area (Å²) in [4.78, 5) is 9.12. The van der Waals surface area contributed by atoms with Crippen LogP contribution in [0.1, 0.15) is 0 Å². The Kier molecular flexibility index (Phi) is 5.35. The molecule has 0 bridgehead atoms. The fourth-order valence-electron chi connectivity index (χ4n) is 3.37. The van der Waals surface area contributed by atoms with Gasteiger partial charge in [0, 0.05) is 17.8 Å². The molecule has 0 saturated heterocycles. The predicted molar refractivity (Wildman–Crippen MR) is 124 cm³/mol. The number of anilines is 3. The molecule has 9 nitrogen and oxygen atoms in total. The SMILES string of the molecule is COc1cccc(Nc2nc3ccccc3nc2NS(=O)(=O)c2ccc3c(c2)OCCO3)c1. The van der Waals surface area contributed by atoms with Crippen LogP contribution < -0.4 is 24.2 Å². The van der Waals surface area contributed by atoms with Crippen LogP contribution in [0.4, 0.5) is 17.3 Å². The number of methoxy groups -OCH3 is 1. The molecule has 2 heterocycles. The second kappa shape index (κ2) is 8.47. The molecule has 0 unspecified atom stereocenters. The number of hydrogen-bond acceptors (Lipinski definition) is 8. The van der Waals surface area contributed by atoms with Crippen molar-refractivity contribution in [3.8, 4) is 17.2 Å². The van der Waals surface area contributed by atoms with E-state index in [0.29, 0.717) is 47.2 Å². The number of fused-ring (bicyclic) bond motifs is 2. The number of aromatic nitrogens is 2. The van der Waals surface area contributed by atoms with Crippen molar-refractivity contribution in [3.05, 3.63) is 66.7 Å². The van der Waals surface area contributed by atoms with E-state index in [-0.39, 0.29) is 16.5 Å². The van der Waals surface area contributed by atoms with E-state index in [1.165, 1.54) is 12.1 Å². The largest absolute Gasteiger partial charge is 0.497 e. The Labute approximate surface area is 190 Å². The molecule has 0 aliphatic carbocycles. The van der Waals surface area contributed by atoms with Gasteiger partial charge in [-0.15, -0.1) is 0 Å². The summed E-state index contributed by atoms with van der Waals surface area (Å²) in [6.45, 7) is 0.776. The maximum atomic E-state index is 13.2. The van der Waals surface area contributed by atoms with Crippen molar-refractivity contribution >= 4 is 38.4 Å². The van der Waals surface area contributed by atoms with Gasteiger partial charge in [0.1, 0.15) is 19.0 Å². The second-order valence-corrected chi connectivity index (χ2v) is 8.86. The van der Waals surface area contributed by atoms with Gasteiger partial charge in [0.2, 0.25) is 0 Å². The minimum absolute atomic E-state index is 0.0223. The molecule has 4 aromatic rings. The van der Waals surface area contributed by atoms with Gasteiger partial charge >= 0.3 is 0 Å². The Morgan fingerprint density at radius 3 is 2.33 bits per heavy atom. The average Bonchev–Trinajstić information content (AvgIpc) is 2.84. The van der Waals surface area contributed by atoms with E-state index in [2.05, 4.69) is 20.0 Å². The number of nitrogens with zero attached hydrogens (tertiary/aromatic N) is 2. The van der Waals surface area contributed by atoms with E-state index in [4.69, 9.17) is 14.2 Å². The van der Waals surface area contributed by atoms with Crippen LogP contribution >= 0.6 is 0 Å². The van der Waals surface area contributed by atoms with Crippen molar-refractivity contribution in [1.29, 1.82) is 0 Å². The van der Waals surface area contributed by atoms with Gasteiger partial charge in [0.15, 0.2) is 23.1 Å². The summed E-state index contributed by atoms with van der Waals surface area (Å²) in [6.07, 6.45) is 0. The van der Waals surface area contributed by atoms with Crippen LogP contribution in [0.3, 0.4) is 0 Å². The van der Waals surface area contributed by atoms with Crippen LogP contribution in [0.5, 0.6) is 17.2 Å². The van der Waals surface area contributed by atoms with Gasteiger partial charge in [-0.3, -0.25) is 4.72 Å². The summed E-state index contributed by atoms with van der Waals surface area (Å²) in [6, 6.07) is 18.9. The predicted octanol–water partition coefficient (Wildman–Crippen LogP) is 3.95. The van der Waals surface area contributed by atoms with Crippen molar-refractivity contribution < 1.29 is 22.6 Å². The zero-order valence-corrected chi connectivity index (χ0v) is 18.4. The molecule has 168 valence electrons. The first kappa shape index (κ1) is 20.8. The molecule has 0 saturated carbocycles. The van der Waals surface area contributed by atoms with Crippen molar-refractivity contribution in [2.75, 3.05) is 30.4 Å². The van der Waals surface area contributed by atoms with Gasteiger partial charge in [0.05, 0.1) is 23.0 Å². The molecule has 0 radical (unpaired) electrons. The maximum absolute atomic E-state index is 13.2. The lowest BCUT2D eigenvalue weighted by molar-refractivity contribution is 0.171. The third-order valence-corrected chi connectivity index (χ3v) is 6.29. The first-order valence-electron chi connectivity index (χ1n) is 10.1. The maximum Gasteiger partial charge on any atom is 0.263 e. The number of hydrogen-bond donors (Lipinski definition) is 2. The number of para-hydroxylation sites is 2. The van der Waals surface area contributed by atoms with E-state index in [9.17, 15) is 8.42 Å². The molecular formula is C23H20N4O5S. The van der Waals surface area contributed by atoms with Crippen LogP contribution in [-0.4, -0.2) is 38.7 Å². The number of ether oxygens (including phenoxy) is 3. The van der Waals surface area contributed by atoms with Crippen LogP contribution in [0, 0.1) is 0 Å². The molecular weight excluding hydrogens is 444 g/mol. The molecule has 0 fully saturated rings. The molecule has 0 atom stereocenters. The number of rotatable bonds is 6. The third-order valence-electron chi connectivity index (χ3n) is 4.96. The highest BCUT2D eigenvalue weighted by molar-refractivity contribution is 7.92. The first-order valence-corrected chi connectivity index (χ1v) is 11.6. The topological polar surface area (TPSA) is 112 Å². The summed E-state index contributed by atoms with van der Waals surface area (Å²) in [5.41, 5.74) is 1.83. The van der Waals surface area contributed by atoms with Gasteiger partial charge in [-0.05, 0) is 36.4 Å². The first-order chi connectivity index (χ1) is 16.0. The minimum Gasteiger partial charge on any atom is -0.497 e. The average molecular weight is 465 g/mol. The van der Waals surface area contributed by atoms with E-state index in [0.717, 1.165) is 0 Å². The highest BCUT2D eigenvalue weighted by atomic mass is 32.2. The Bertz CT molecular complexity index is 1440. The molecule has 2 N–H and O–H groups in total. The molecule has 1 aromatic heterocycles. The lowest BCUT2D eigenvalue weighted by Crippen LogP contribution is -2.18. The van der Waals surface area contributed by atoms with Crippen LogP contribution in [0.25, 0.3) is 11.0 Å². The quantitative estimate of drug-likeness (QED) is 0.441. The summed E-state index contributed by atoms with van der Waals surface area (Å²) < 4.78 is 45.2. The summed E-state index contributed by atoms with van der Waals surface area (Å²) in [5.74, 6) is 1.84. The van der Waals surface area contributed by atoms with E-state index in [1.807, 2.05) is 30.3 Å². The van der Waals surface area contributed by atoms with E-state index < -0.39 is 10.0 Å². The molecule has 0 spiro atoms. The lowest BCUT2D eigenvalue weighted by Gasteiger charge is -2.19. The Morgan fingerprint density at radius 1 is 0.848 bits per heavy atom. The van der Waals surface area contributed by atoms with Crippen molar-refractivity contribution in [2.24, 2.45) is 0 Å². The van der Waals surface area contributed by atoms with Gasteiger partial charge in [-0.2, -0.15) is 0 Å². The standard InChI is InChI=1S/C23H20N4O5S/c1-30-16-6-4-5-15(13-16)24-22-23(26-19-8-3-2-7-18(19)25-22)27-33(28,29)17-9-10-20-21(14-17)32-12-11-31-20/h2-10,13-14H,11-12H2,1H3,(H,24,25)(H,26,27). The van der Waals surface area contributed by atoms with Crippen LogP contribution in [0.15, 0.2) is 71.6 Å². The number of nitrogens with one attached hydrogen (secondary N) is 2. The Balaban J connectivity index is 1.54. The van der Waals surface area contributed by atoms with E-state index >= 15 is 0 Å². The molecule has 10 heteroatoms. The molecule has 1 aliphatic heterocycles. The normalized spacial score (nSPS) is 12.9. The van der Waals surface area contributed by atoms with Crippen LogP contribution in [-0.2, 0) is 10.0 Å². The monoisotopic (exact) mass is 464 g/mol. The van der Waals surface area contributed by atoms with Gasteiger partial charge in [0.25, 0.3) is 10.0 Å². The molecule has 3 aromatic carbocycles. The minimum atomic E-state index is -4.00. The highest BCUT2D eigenvalue weighted by Gasteiger charge is 2.22. The smallest absolute Gasteiger partial charge is 0.263 e. The fraction of sp³-hybridized carbons (Fsp3) is 0.130. The summed E-state index contributed by atoms with van der Waals surface area (Å²) >= 11 is 0. The number of sulfonamides is 1. The van der Waals surface area contributed by atoms with Crippen molar-refractivity contribution in [2.45, 2.75) is 4.90 Å². The zero-order valence-electron chi connectivity index (χ0n) is 17.6. The Morgan fingerprint density at radius 2 is 1.58 bits per heavy atom. The third kappa shape index (κ3) is 4.33. The van der Waals surface area contributed by atoms with Crippen molar-refractivity contribution in [1.82, 2.24) is 9.97 Å². The summed E-state index contributed by atoms with van der Waals surface area (Å²) in [7, 11) is -2.42. The van der Waals surface area contributed by atoms with Crippen molar-refractivity contribution in [3.63, 3.8) is 0 Å². The molecule has 0 amide bonds. The molecule has 33 heavy (non-hydrogen) atoms. The van der Waals surface area contributed by atoms with Gasteiger partial charge in [-0.1, -0.05) is 18.2 Å². The Hall–Kier alpha value is -4.05. The van der Waals surface area contributed by atoms with E-state index in [1.54, 1.807) is 31.4 Å². The van der Waals surface area contributed by atoms with Gasteiger partial charge < -0.3 is 19.5 Å². The fourth-order valence-corrected chi connectivity index (χ4v) is 4.40. The zero-order chi connectivity index (χ0) is 22.8. The molecule has 1 aliphatic rings. The molecule has 5 rings (SSSR count). The summed E-state index contributed by atoms with van der Waals surface area (Å²) in [5, 5.41) is 3.14. The second-order valence-electron chi connectivity index (χ2n) is 7.18. The number of benzene rings is 3. The van der Waals surface area contributed by atoms with Crippen LogP contribution in [0.2, 0.25) is 0 Å². The lowest BCUT2D eigenvalue weighted by atomic mass is 10.3. The highest BCUT2D eigenvalue weighted by Crippen LogP contribution is 2.34. The van der Waals surface area contributed by atoms with Gasteiger partial charge in [-0.25, -0.2) is 18.4 Å².